The molecule has 14 heteroatoms. The van der Waals surface area contributed by atoms with Crippen LogP contribution in [-0.4, -0.2) is 41.6 Å². The van der Waals surface area contributed by atoms with Crippen molar-refractivity contribution in [3.63, 3.8) is 0 Å². The van der Waals surface area contributed by atoms with Gasteiger partial charge in [-0.3, -0.25) is 10.2 Å². The van der Waals surface area contributed by atoms with Gasteiger partial charge < -0.3 is 4.18 Å². The highest BCUT2D eigenvalue weighted by molar-refractivity contribution is 8.27. The molecule has 0 unspecified atom stereocenters. The fourth-order valence-electron chi connectivity index (χ4n) is 2.69. The van der Waals surface area contributed by atoms with Crippen LogP contribution in [-0.2, 0) is 14.9 Å². The number of nitrogens with zero attached hydrogens (tertiary/aromatic N) is 3. The van der Waals surface area contributed by atoms with Crippen LogP contribution in [0.2, 0.25) is 0 Å². The van der Waals surface area contributed by atoms with Crippen molar-refractivity contribution < 1.29 is 30.6 Å². The van der Waals surface area contributed by atoms with E-state index < -0.39 is 33.1 Å². The first-order valence-corrected chi connectivity index (χ1v) is 10.9. The molecule has 0 aromatic heterocycles. The summed E-state index contributed by atoms with van der Waals surface area (Å²) >= 11 is 0.134. The van der Waals surface area contributed by atoms with Gasteiger partial charge in [0, 0.05) is 5.56 Å². The van der Waals surface area contributed by atoms with Crippen LogP contribution in [0.1, 0.15) is 5.56 Å². The normalized spacial score (nSPS) is 17.3. The van der Waals surface area contributed by atoms with Gasteiger partial charge in [0.2, 0.25) is 10.2 Å². The van der Waals surface area contributed by atoms with Gasteiger partial charge in [0.1, 0.15) is 10.6 Å². The Hall–Kier alpha value is -3.16. The van der Waals surface area contributed by atoms with E-state index in [2.05, 4.69) is 10.1 Å². The second-order valence-corrected chi connectivity index (χ2v) is 8.81. The molecule has 2 aromatic carbocycles. The monoisotopic (exact) mass is 516 g/mol. The lowest BCUT2D eigenvalue weighted by Gasteiger charge is -2.20. The number of hydrogen-bond acceptors (Lipinski definition) is 7. The SMILES string of the molecule is Cl.N=C1/C(=C/c2ccccc2OS(=O)(=O)c2ccccc2)C(=O)N=C2SC(C(F)(F)F)=NN12. The molecular weight excluding hydrogens is 505 g/mol. The molecule has 2 aliphatic heterocycles. The van der Waals surface area contributed by atoms with Crippen molar-refractivity contribution in [3.8, 4) is 5.75 Å². The topological polar surface area (TPSA) is 112 Å². The number of hydrogen-bond donors (Lipinski definition) is 1. The number of carbonyl (C=O) groups excluding carboxylic acids is 1. The van der Waals surface area contributed by atoms with Gasteiger partial charge in [0.25, 0.3) is 5.91 Å². The molecule has 2 heterocycles. The smallest absolute Gasteiger partial charge is 0.378 e. The molecule has 0 aliphatic carbocycles. The predicted octanol–water partition coefficient (Wildman–Crippen LogP) is 4.06. The Morgan fingerprint density at radius 2 is 1.70 bits per heavy atom. The second-order valence-electron chi connectivity index (χ2n) is 6.31. The summed E-state index contributed by atoms with van der Waals surface area (Å²) in [4.78, 5) is 15.9. The average Bonchev–Trinajstić information content (AvgIpc) is 3.17. The van der Waals surface area contributed by atoms with E-state index in [-0.39, 0.29) is 51.1 Å². The summed E-state index contributed by atoms with van der Waals surface area (Å²) in [6.45, 7) is 0. The summed E-state index contributed by atoms with van der Waals surface area (Å²) in [7, 11) is -4.20. The molecule has 0 fully saturated rings. The van der Waals surface area contributed by atoms with Crippen molar-refractivity contribution >= 4 is 62.3 Å². The van der Waals surface area contributed by atoms with Gasteiger partial charge in [-0.1, -0.05) is 36.4 Å². The van der Waals surface area contributed by atoms with E-state index in [0.29, 0.717) is 5.01 Å². The maximum absolute atomic E-state index is 12.9. The van der Waals surface area contributed by atoms with Crippen molar-refractivity contribution in [1.82, 2.24) is 5.01 Å². The molecule has 2 aliphatic rings. The number of fused-ring (bicyclic) bond motifs is 1. The number of hydrazone groups is 1. The zero-order valence-electron chi connectivity index (χ0n) is 16.1. The molecule has 0 bridgehead atoms. The number of alkyl halides is 3. The second kappa shape index (κ2) is 9.00. The molecular formula is C19H12ClF3N4O4S2. The Bertz CT molecular complexity index is 1330. The van der Waals surface area contributed by atoms with Crippen LogP contribution >= 0.6 is 24.2 Å². The third-order valence-electron chi connectivity index (χ3n) is 4.15. The third kappa shape index (κ3) is 4.94. The minimum absolute atomic E-state index is 0. The van der Waals surface area contributed by atoms with Gasteiger partial charge in [-0.25, -0.2) is 0 Å². The highest BCUT2D eigenvalue weighted by atomic mass is 35.5. The molecule has 0 radical (unpaired) electrons. The molecule has 33 heavy (non-hydrogen) atoms. The van der Waals surface area contributed by atoms with E-state index in [0.717, 1.165) is 6.08 Å². The first kappa shape index (κ1) is 24.5. The number of nitrogens with one attached hydrogen (secondary N) is 1. The van der Waals surface area contributed by atoms with Gasteiger partial charge in [-0.15, -0.1) is 12.4 Å². The molecule has 0 atom stereocenters. The van der Waals surface area contributed by atoms with E-state index in [1.807, 2.05) is 0 Å². The first-order valence-electron chi connectivity index (χ1n) is 8.72. The fraction of sp³-hybridized carbons (Fsp3) is 0.0526. The lowest BCUT2D eigenvalue weighted by Crippen LogP contribution is -2.35. The number of amides is 1. The molecule has 8 nitrogen and oxygen atoms in total. The van der Waals surface area contributed by atoms with E-state index >= 15 is 0 Å². The number of halogens is 4. The first-order chi connectivity index (χ1) is 15.1. The average molecular weight is 517 g/mol. The zero-order chi connectivity index (χ0) is 23.1. The summed E-state index contributed by atoms with van der Waals surface area (Å²) in [5.74, 6) is -1.74. The molecule has 0 saturated carbocycles. The molecule has 2 aromatic rings. The van der Waals surface area contributed by atoms with Crippen LogP contribution in [0.25, 0.3) is 6.08 Å². The third-order valence-corrected chi connectivity index (χ3v) is 6.35. The number of para-hydroxylation sites is 1. The van der Waals surface area contributed by atoms with Crippen LogP contribution in [0.5, 0.6) is 5.75 Å². The van der Waals surface area contributed by atoms with Gasteiger partial charge in [-0.05, 0) is 36.0 Å². The standard InChI is InChI=1S/C19H11F3N4O4S2.ClH/c20-19(21,22)17-25-26-15(23)13(16(27)24-18(26)31-17)10-11-6-4-5-9-14(11)30-32(28,29)12-7-2-1-3-8-12;/h1-10,23H;1H/b13-10-,23-15?;. The largest absolute Gasteiger partial charge is 0.441 e. The highest BCUT2D eigenvalue weighted by Gasteiger charge is 2.46. The molecule has 0 saturated heterocycles. The van der Waals surface area contributed by atoms with Crippen LogP contribution < -0.4 is 4.18 Å². The zero-order valence-corrected chi connectivity index (χ0v) is 18.6. The van der Waals surface area contributed by atoms with Crippen LogP contribution in [0.15, 0.2) is 75.2 Å². The summed E-state index contributed by atoms with van der Waals surface area (Å²) in [5.41, 5.74) is -0.277. The molecule has 4 rings (SSSR count). The Morgan fingerprint density at radius 1 is 1.06 bits per heavy atom. The number of amidine groups is 2. The number of benzene rings is 2. The van der Waals surface area contributed by atoms with Crippen LogP contribution in [0.4, 0.5) is 13.2 Å². The number of aliphatic imine (C=N–C) groups is 1. The van der Waals surface area contributed by atoms with Crippen molar-refractivity contribution in [2.75, 3.05) is 0 Å². The number of carbonyl (C=O) groups is 1. The molecule has 1 N–H and O–H groups in total. The van der Waals surface area contributed by atoms with E-state index in [4.69, 9.17) is 9.59 Å². The van der Waals surface area contributed by atoms with E-state index in [1.165, 1.54) is 48.5 Å². The van der Waals surface area contributed by atoms with E-state index in [9.17, 15) is 26.4 Å². The number of rotatable bonds is 4. The summed E-state index contributed by atoms with van der Waals surface area (Å²) < 4.78 is 69.1. The summed E-state index contributed by atoms with van der Waals surface area (Å²) in [6.07, 6.45) is -3.64. The Balaban J connectivity index is 0.00000306. The predicted molar refractivity (Wildman–Crippen MR) is 119 cm³/mol. The van der Waals surface area contributed by atoms with Gasteiger partial charge in [0.05, 0.1) is 5.57 Å². The lowest BCUT2D eigenvalue weighted by molar-refractivity contribution is -0.114. The van der Waals surface area contributed by atoms with Crippen molar-refractivity contribution in [2.45, 2.75) is 11.1 Å². The van der Waals surface area contributed by atoms with Gasteiger partial charge in [-0.2, -0.15) is 36.7 Å². The van der Waals surface area contributed by atoms with Gasteiger partial charge in [0.15, 0.2) is 5.84 Å². The Morgan fingerprint density at radius 3 is 2.36 bits per heavy atom. The van der Waals surface area contributed by atoms with Gasteiger partial charge >= 0.3 is 16.3 Å². The summed E-state index contributed by atoms with van der Waals surface area (Å²) in [6, 6.07) is 13.1. The van der Waals surface area contributed by atoms with Crippen LogP contribution in [0.3, 0.4) is 0 Å². The molecule has 1 amide bonds. The highest BCUT2D eigenvalue weighted by Crippen LogP contribution is 2.35. The summed E-state index contributed by atoms with van der Waals surface area (Å²) in [5, 5.41) is 10.4. The Labute approximate surface area is 195 Å². The minimum Gasteiger partial charge on any atom is -0.378 e. The van der Waals surface area contributed by atoms with Crippen LogP contribution in [0, 0.1) is 5.41 Å². The fourth-order valence-corrected chi connectivity index (χ4v) is 4.42. The maximum atomic E-state index is 12.9. The lowest BCUT2D eigenvalue weighted by atomic mass is 10.1. The molecule has 0 spiro atoms. The minimum atomic E-state index is -4.76. The molecule has 172 valence electrons. The Kier molecular flexibility index (Phi) is 6.68. The van der Waals surface area contributed by atoms with E-state index in [1.54, 1.807) is 6.07 Å². The maximum Gasteiger partial charge on any atom is 0.441 e. The quantitative estimate of drug-likeness (QED) is 0.484. The number of thioether (sulfide) groups is 1. The van der Waals surface area contributed by atoms with Crippen molar-refractivity contribution in [2.24, 2.45) is 10.1 Å². The van der Waals surface area contributed by atoms with Crippen molar-refractivity contribution in [1.29, 1.82) is 5.41 Å². The van der Waals surface area contributed by atoms with Crippen molar-refractivity contribution in [3.05, 3.63) is 65.7 Å².